The largest absolute Gasteiger partial charge is 0.493 e. The van der Waals surface area contributed by atoms with Crippen molar-refractivity contribution in [3.05, 3.63) is 71.9 Å². The van der Waals surface area contributed by atoms with Gasteiger partial charge in [-0.25, -0.2) is 9.99 Å². The maximum absolute atomic E-state index is 12.9. The molecule has 0 spiro atoms. The molecule has 9 heteroatoms. The minimum atomic E-state index is -0.382. The number of benzene rings is 2. The number of carbonyl (C=O) groups excluding carboxylic acids is 2. The molecule has 0 fully saturated rings. The third-order valence-corrected chi connectivity index (χ3v) is 5.78. The zero-order valence-electron chi connectivity index (χ0n) is 20.0. The molecule has 1 unspecified atom stereocenters. The number of anilines is 1. The zero-order valence-corrected chi connectivity index (χ0v) is 20.0. The van der Waals surface area contributed by atoms with E-state index in [1.54, 1.807) is 19.2 Å². The van der Waals surface area contributed by atoms with Crippen LogP contribution in [0.2, 0.25) is 0 Å². The second-order valence-electron chi connectivity index (χ2n) is 8.06. The predicted octanol–water partition coefficient (Wildman–Crippen LogP) is 4.50. The van der Waals surface area contributed by atoms with Crippen LogP contribution in [0.5, 0.6) is 11.5 Å². The quantitative estimate of drug-likeness (QED) is 0.488. The Morgan fingerprint density at radius 1 is 1.17 bits per heavy atom. The Morgan fingerprint density at radius 3 is 2.63 bits per heavy atom. The van der Waals surface area contributed by atoms with E-state index in [0.717, 1.165) is 23.3 Å². The molecule has 3 aromatic rings. The van der Waals surface area contributed by atoms with Gasteiger partial charge in [0.1, 0.15) is 0 Å². The van der Waals surface area contributed by atoms with Crippen LogP contribution in [-0.4, -0.2) is 41.2 Å². The van der Waals surface area contributed by atoms with E-state index in [2.05, 4.69) is 17.2 Å². The fourth-order valence-corrected chi connectivity index (χ4v) is 3.93. The molecule has 9 nitrogen and oxygen atoms in total. The maximum Gasteiger partial charge on any atom is 0.293 e. The number of methoxy groups -OCH3 is 1. The van der Waals surface area contributed by atoms with Crippen LogP contribution < -0.4 is 14.8 Å². The molecule has 1 N–H and O–H groups in total. The van der Waals surface area contributed by atoms with Crippen molar-refractivity contribution in [1.82, 2.24) is 9.99 Å². The Bertz CT molecular complexity index is 1200. The summed E-state index contributed by atoms with van der Waals surface area (Å²) in [5, 5.41) is 9.01. The lowest BCUT2D eigenvalue weighted by Crippen LogP contribution is -2.36. The molecule has 182 valence electrons. The number of nitrogens with one attached hydrogen (secondary N) is 1. The Morgan fingerprint density at radius 2 is 1.97 bits per heavy atom. The summed E-state index contributed by atoms with van der Waals surface area (Å²) in [6.45, 7) is 4.82. The normalized spacial score (nSPS) is 15.5. The fourth-order valence-electron chi connectivity index (χ4n) is 3.93. The molecule has 2 heterocycles. The first kappa shape index (κ1) is 24.0. The molecule has 4 rings (SSSR count). The number of hydrazone groups is 1. The van der Waals surface area contributed by atoms with Crippen molar-refractivity contribution in [1.29, 1.82) is 0 Å². The van der Waals surface area contributed by atoms with Gasteiger partial charge in [-0.2, -0.15) is 5.10 Å². The molecule has 2 aromatic carbocycles. The molecular formula is C26H28N4O5. The van der Waals surface area contributed by atoms with Gasteiger partial charge >= 0.3 is 0 Å². The molecule has 1 atom stereocenters. The SMILES string of the molecule is CCOc1cc(C2=NN(Cc3ccc(NC(=O)c4cnco4)cc3)C(=O)CC2CC)ccc1OC. The Hall–Kier alpha value is -4.14. The minimum absolute atomic E-state index is 0.0234. The number of hydrogen-bond acceptors (Lipinski definition) is 7. The van der Waals surface area contributed by atoms with Gasteiger partial charge in [0.2, 0.25) is 11.7 Å². The molecule has 2 amide bonds. The number of hydrogen-bond donors (Lipinski definition) is 1. The number of nitrogens with zero attached hydrogens (tertiary/aromatic N) is 3. The molecule has 0 saturated carbocycles. The third kappa shape index (κ3) is 5.51. The summed E-state index contributed by atoms with van der Waals surface area (Å²) >= 11 is 0. The van der Waals surface area contributed by atoms with Crippen LogP contribution in [0.1, 0.15) is 48.4 Å². The number of oxazole rings is 1. The van der Waals surface area contributed by atoms with Gasteiger partial charge in [0.15, 0.2) is 17.9 Å². The van der Waals surface area contributed by atoms with Crippen molar-refractivity contribution in [2.75, 3.05) is 19.0 Å². The van der Waals surface area contributed by atoms with Crippen LogP contribution in [0.15, 0.2) is 64.6 Å². The number of aromatic nitrogens is 1. The van der Waals surface area contributed by atoms with Crippen molar-refractivity contribution in [2.24, 2.45) is 11.0 Å². The molecule has 35 heavy (non-hydrogen) atoms. The highest BCUT2D eigenvalue weighted by atomic mass is 16.5. The van der Waals surface area contributed by atoms with Crippen molar-refractivity contribution < 1.29 is 23.5 Å². The van der Waals surface area contributed by atoms with Gasteiger partial charge < -0.3 is 19.2 Å². The zero-order chi connectivity index (χ0) is 24.8. The second kappa shape index (κ2) is 10.9. The van der Waals surface area contributed by atoms with Gasteiger partial charge in [-0.3, -0.25) is 9.59 Å². The lowest BCUT2D eigenvalue weighted by Gasteiger charge is -2.29. The van der Waals surface area contributed by atoms with E-state index in [1.807, 2.05) is 37.3 Å². The van der Waals surface area contributed by atoms with Crippen LogP contribution in [0.4, 0.5) is 5.69 Å². The van der Waals surface area contributed by atoms with Crippen LogP contribution in [-0.2, 0) is 11.3 Å². The van der Waals surface area contributed by atoms with Gasteiger partial charge in [0, 0.05) is 23.6 Å². The lowest BCUT2D eigenvalue weighted by molar-refractivity contribution is -0.133. The predicted molar refractivity (Wildman–Crippen MR) is 131 cm³/mol. The van der Waals surface area contributed by atoms with E-state index >= 15 is 0 Å². The first-order chi connectivity index (χ1) is 17.0. The standard InChI is InChI=1S/C26H28N4O5/c1-4-18-13-24(31)30(29-25(18)19-8-11-21(33-3)22(12-19)34-5-2)15-17-6-9-20(10-7-17)28-26(32)23-14-27-16-35-23/h6-12,14,16,18H,4-5,13,15H2,1-3H3,(H,28,32). The summed E-state index contributed by atoms with van der Waals surface area (Å²) in [4.78, 5) is 28.7. The van der Waals surface area contributed by atoms with E-state index in [-0.39, 0.29) is 23.5 Å². The molecule has 1 aromatic heterocycles. The van der Waals surface area contributed by atoms with E-state index in [0.29, 0.717) is 36.8 Å². The summed E-state index contributed by atoms with van der Waals surface area (Å²) in [7, 11) is 1.61. The van der Waals surface area contributed by atoms with E-state index in [4.69, 9.17) is 19.0 Å². The van der Waals surface area contributed by atoms with Crippen molar-refractivity contribution in [3.63, 3.8) is 0 Å². The fraction of sp³-hybridized carbons (Fsp3) is 0.308. The van der Waals surface area contributed by atoms with Gasteiger partial charge in [-0.1, -0.05) is 19.1 Å². The summed E-state index contributed by atoms with van der Waals surface area (Å²) in [5.74, 6) is 1.05. The Balaban J connectivity index is 1.53. The lowest BCUT2D eigenvalue weighted by atomic mass is 9.89. The van der Waals surface area contributed by atoms with Crippen molar-refractivity contribution in [3.8, 4) is 11.5 Å². The average molecular weight is 477 g/mol. The van der Waals surface area contributed by atoms with Gasteiger partial charge in [0.25, 0.3) is 5.91 Å². The summed E-state index contributed by atoms with van der Waals surface area (Å²) in [6.07, 6.45) is 3.74. The molecule has 0 saturated heterocycles. The minimum Gasteiger partial charge on any atom is -0.493 e. The third-order valence-electron chi connectivity index (χ3n) is 5.78. The average Bonchev–Trinajstić information content (AvgIpc) is 3.42. The summed E-state index contributed by atoms with van der Waals surface area (Å²) in [6, 6.07) is 13.0. The molecule has 1 aliphatic heterocycles. The van der Waals surface area contributed by atoms with Crippen molar-refractivity contribution in [2.45, 2.75) is 33.2 Å². The molecule has 0 bridgehead atoms. The highest BCUT2D eigenvalue weighted by Crippen LogP contribution is 2.32. The molecular weight excluding hydrogens is 448 g/mol. The van der Waals surface area contributed by atoms with Crippen LogP contribution in [0, 0.1) is 5.92 Å². The van der Waals surface area contributed by atoms with Gasteiger partial charge in [-0.15, -0.1) is 0 Å². The van der Waals surface area contributed by atoms with E-state index in [1.165, 1.54) is 17.6 Å². The van der Waals surface area contributed by atoms with Crippen LogP contribution >= 0.6 is 0 Å². The maximum atomic E-state index is 12.9. The van der Waals surface area contributed by atoms with Crippen LogP contribution in [0.25, 0.3) is 0 Å². The number of rotatable bonds is 9. The number of ether oxygens (including phenoxy) is 2. The number of amides is 2. The van der Waals surface area contributed by atoms with Gasteiger partial charge in [-0.05, 0) is 49.2 Å². The Kier molecular flexibility index (Phi) is 7.45. The first-order valence-corrected chi connectivity index (χ1v) is 11.5. The van der Waals surface area contributed by atoms with Crippen LogP contribution in [0.3, 0.4) is 0 Å². The first-order valence-electron chi connectivity index (χ1n) is 11.5. The second-order valence-corrected chi connectivity index (χ2v) is 8.06. The van der Waals surface area contributed by atoms with Crippen molar-refractivity contribution >= 4 is 23.2 Å². The number of carbonyl (C=O) groups is 2. The van der Waals surface area contributed by atoms with Gasteiger partial charge in [0.05, 0.1) is 32.2 Å². The Labute approximate surface area is 203 Å². The smallest absolute Gasteiger partial charge is 0.293 e. The monoisotopic (exact) mass is 476 g/mol. The van der Waals surface area contributed by atoms with E-state index < -0.39 is 0 Å². The summed E-state index contributed by atoms with van der Waals surface area (Å²) < 4.78 is 16.1. The summed E-state index contributed by atoms with van der Waals surface area (Å²) in [5.41, 5.74) is 3.26. The highest BCUT2D eigenvalue weighted by Gasteiger charge is 2.29. The highest BCUT2D eigenvalue weighted by molar-refractivity contribution is 6.06. The molecule has 0 aliphatic carbocycles. The molecule has 1 aliphatic rings. The topological polar surface area (TPSA) is 106 Å². The van der Waals surface area contributed by atoms with E-state index in [9.17, 15) is 9.59 Å². The molecule has 0 radical (unpaired) electrons.